The van der Waals surface area contributed by atoms with E-state index in [1.54, 1.807) is 31.3 Å². The lowest BCUT2D eigenvalue weighted by atomic mass is 9.85. The molecular weight excluding hydrogens is 354 g/mol. The molecule has 0 aliphatic carbocycles. The van der Waals surface area contributed by atoms with Gasteiger partial charge in [-0.25, -0.2) is 4.79 Å². The number of halogens is 1. The van der Waals surface area contributed by atoms with Gasteiger partial charge in [-0.3, -0.25) is 0 Å². The third-order valence-electron chi connectivity index (χ3n) is 4.78. The highest BCUT2D eigenvalue weighted by Gasteiger charge is 2.59. The number of carbonyl (C=O) groups is 1. The predicted molar refractivity (Wildman–Crippen MR) is 85.8 cm³/mol. The van der Waals surface area contributed by atoms with Gasteiger partial charge in [0, 0.05) is 18.5 Å². The zero-order valence-corrected chi connectivity index (χ0v) is 14.2. The van der Waals surface area contributed by atoms with Gasteiger partial charge >= 0.3 is 6.09 Å². The number of benzene rings is 1. The Bertz CT molecular complexity index is 640. The Morgan fingerprint density at radius 2 is 1.88 bits per heavy atom. The van der Waals surface area contributed by atoms with Crippen molar-refractivity contribution in [1.29, 1.82) is 0 Å². The molecule has 1 aromatic carbocycles. The highest BCUT2D eigenvalue weighted by Crippen LogP contribution is 2.43. The number of hydrogen-bond donors (Lipinski definition) is 4. The Balaban J connectivity index is 1.96. The second-order valence-corrected chi connectivity index (χ2v) is 6.76. The Hall–Kier alpha value is -1.42. The minimum absolute atomic E-state index is 0.00167. The topological polar surface area (TPSA) is 120 Å². The van der Waals surface area contributed by atoms with Gasteiger partial charge in [-0.2, -0.15) is 0 Å². The van der Waals surface area contributed by atoms with E-state index in [9.17, 15) is 25.2 Å². The van der Waals surface area contributed by atoms with E-state index >= 15 is 0 Å². The molecule has 25 heavy (non-hydrogen) atoms. The largest absolute Gasteiger partial charge is 0.414 e. The van der Waals surface area contributed by atoms with E-state index < -0.39 is 48.9 Å². The minimum Gasteiger partial charge on any atom is -0.414 e. The standard InChI is InChI=1S/C16H20ClNO7/c1-18-10(8-2-4-9(17)5-3-8)6-16(25-15(18)23)14(22)13(21)12(20)11(7-19)24-16/h2-5,10-14,19-22H,6-7H2,1H3/t10-,11+,12+,13-,14+,16+/m0/s1. The van der Waals surface area contributed by atoms with E-state index in [0.717, 1.165) is 5.56 Å². The van der Waals surface area contributed by atoms with E-state index in [1.807, 2.05) is 0 Å². The number of ether oxygens (including phenoxy) is 2. The maximum atomic E-state index is 12.3. The van der Waals surface area contributed by atoms with Crippen LogP contribution >= 0.6 is 11.6 Å². The van der Waals surface area contributed by atoms with Crippen molar-refractivity contribution in [3.05, 3.63) is 34.9 Å². The zero-order valence-electron chi connectivity index (χ0n) is 13.4. The summed E-state index contributed by atoms with van der Waals surface area (Å²) in [5, 5.41) is 40.3. The van der Waals surface area contributed by atoms with Crippen LogP contribution in [0.25, 0.3) is 0 Å². The fraction of sp³-hybridized carbons (Fsp3) is 0.562. The summed E-state index contributed by atoms with van der Waals surface area (Å²) in [6.07, 6.45) is -6.76. The molecule has 2 aliphatic heterocycles. The van der Waals surface area contributed by atoms with Crippen molar-refractivity contribution < 1.29 is 34.7 Å². The molecule has 1 spiro atoms. The fourth-order valence-electron chi connectivity index (χ4n) is 3.28. The van der Waals surface area contributed by atoms with Gasteiger partial charge in [0.2, 0.25) is 5.79 Å². The van der Waals surface area contributed by atoms with E-state index in [-0.39, 0.29) is 6.42 Å². The average molecular weight is 374 g/mol. The highest BCUT2D eigenvalue weighted by molar-refractivity contribution is 6.30. The molecule has 0 radical (unpaired) electrons. The van der Waals surface area contributed by atoms with E-state index in [4.69, 9.17) is 21.1 Å². The summed E-state index contributed by atoms with van der Waals surface area (Å²) in [6.45, 7) is -0.605. The highest BCUT2D eigenvalue weighted by atomic mass is 35.5. The lowest BCUT2D eigenvalue weighted by Gasteiger charge is -2.52. The van der Waals surface area contributed by atoms with Gasteiger partial charge in [0.05, 0.1) is 12.6 Å². The monoisotopic (exact) mass is 373 g/mol. The Labute approximate surface area is 149 Å². The summed E-state index contributed by atoms with van der Waals surface area (Å²) < 4.78 is 10.8. The Morgan fingerprint density at radius 3 is 2.48 bits per heavy atom. The molecule has 8 nitrogen and oxygen atoms in total. The van der Waals surface area contributed by atoms with E-state index in [0.29, 0.717) is 5.02 Å². The van der Waals surface area contributed by atoms with Crippen molar-refractivity contribution >= 4 is 17.7 Å². The molecular formula is C16H20ClNO7. The van der Waals surface area contributed by atoms with Crippen molar-refractivity contribution in [3.63, 3.8) is 0 Å². The number of aliphatic hydroxyl groups excluding tert-OH is 4. The number of carbonyl (C=O) groups excluding carboxylic acids is 1. The van der Waals surface area contributed by atoms with Crippen molar-refractivity contribution in [2.45, 2.75) is 42.7 Å². The first-order valence-electron chi connectivity index (χ1n) is 7.83. The number of aliphatic hydroxyl groups is 4. The summed E-state index contributed by atoms with van der Waals surface area (Å²) >= 11 is 5.90. The van der Waals surface area contributed by atoms with Crippen LogP contribution in [-0.4, -0.2) is 75.3 Å². The Morgan fingerprint density at radius 1 is 1.24 bits per heavy atom. The normalized spacial score (nSPS) is 38.7. The minimum atomic E-state index is -1.88. The lowest BCUT2D eigenvalue weighted by Crippen LogP contribution is -2.69. The first-order chi connectivity index (χ1) is 11.8. The molecule has 3 rings (SSSR count). The van der Waals surface area contributed by atoms with E-state index in [1.165, 1.54) is 4.90 Å². The molecule has 1 amide bonds. The quantitative estimate of drug-likeness (QED) is 0.577. The van der Waals surface area contributed by atoms with Gasteiger partial charge < -0.3 is 34.8 Å². The fourth-order valence-corrected chi connectivity index (χ4v) is 3.41. The number of nitrogens with zero attached hydrogens (tertiary/aromatic N) is 1. The third kappa shape index (κ3) is 3.10. The summed E-state index contributed by atoms with van der Waals surface area (Å²) in [4.78, 5) is 13.7. The van der Waals surface area contributed by atoms with Crippen LogP contribution in [0.5, 0.6) is 0 Å². The first kappa shape index (κ1) is 18.4. The summed E-state index contributed by atoms with van der Waals surface area (Å²) in [5.41, 5.74) is 0.736. The summed E-state index contributed by atoms with van der Waals surface area (Å²) in [5.74, 6) is -1.88. The molecule has 9 heteroatoms. The maximum Gasteiger partial charge on any atom is 0.412 e. The molecule has 138 valence electrons. The van der Waals surface area contributed by atoms with Gasteiger partial charge in [-0.15, -0.1) is 0 Å². The molecule has 0 bridgehead atoms. The van der Waals surface area contributed by atoms with Crippen molar-refractivity contribution in [2.24, 2.45) is 0 Å². The molecule has 2 aliphatic rings. The lowest BCUT2D eigenvalue weighted by molar-refractivity contribution is -0.360. The smallest absolute Gasteiger partial charge is 0.412 e. The first-order valence-corrected chi connectivity index (χ1v) is 8.21. The van der Waals surface area contributed by atoms with Gasteiger partial charge in [0.25, 0.3) is 0 Å². The van der Waals surface area contributed by atoms with Crippen LogP contribution in [0.3, 0.4) is 0 Å². The Kier molecular flexibility index (Phi) is 4.93. The molecule has 0 aromatic heterocycles. The molecule has 4 N–H and O–H groups in total. The molecule has 0 saturated carbocycles. The van der Waals surface area contributed by atoms with Crippen LogP contribution in [0.2, 0.25) is 5.02 Å². The summed E-state index contributed by atoms with van der Waals surface area (Å²) in [7, 11) is 1.54. The summed E-state index contributed by atoms with van der Waals surface area (Å²) in [6, 6.07) is 6.30. The van der Waals surface area contributed by atoms with Crippen LogP contribution in [0.15, 0.2) is 24.3 Å². The molecule has 6 atom stereocenters. The van der Waals surface area contributed by atoms with Crippen molar-refractivity contribution in [1.82, 2.24) is 4.90 Å². The molecule has 2 fully saturated rings. The van der Waals surface area contributed by atoms with Gasteiger partial charge in [-0.05, 0) is 17.7 Å². The van der Waals surface area contributed by atoms with Crippen molar-refractivity contribution in [2.75, 3.05) is 13.7 Å². The second-order valence-electron chi connectivity index (χ2n) is 6.33. The number of rotatable bonds is 2. The third-order valence-corrected chi connectivity index (χ3v) is 5.04. The SMILES string of the molecule is CN1C(=O)O[C@@]2(C[C@H]1c1ccc(Cl)cc1)O[C@H](CO)[C@@H](O)[C@H](O)[C@H]2O. The molecule has 1 aromatic rings. The number of hydrogen-bond acceptors (Lipinski definition) is 7. The van der Waals surface area contributed by atoms with Crippen LogP contribution in [-0.2, 0) is 9.47 Å². The molecule has 0 unspecified atom stereocenters. The van der Waals surface area contributed by atoms with Crippen LogP contribution in [0.4, 0.5) is 4.79 Å². The predicted octanol–water partition coefficient (Wildman–Crippen LogP) is 0.0233. The molecule has 2 saturated heterocycles. The maximum absolute atomic E-state index is 12.3. The van der Waals surface area contributed by atoms with Gasteiger partial charge in [0.1, 0.15) is 24.4 Å². The zero-order chi connectivity index (χ0) is 18.4. The second kappa shape index (κ2) is 6.71. The van der Waals surface area contributed by atoms with Crippen LogP contribution < -0.4 is 0 Å². The van der Waals surface area contributed by atoms with Gasteiger partial charge in [-0.1, -0.05) is 23.7 Å². The number of amides is 1. The molecule has 2 heterocycles. The van der Waals surface area contributed by atoms with Crippen LogP contribution in [0, 0.1) is 0 Å². The van der Waals surface area contributed by atoms with E-state index in [2.05, 4.69) is 0 Å². The van der Waals surface area contributed by atoms with Crippen LogP contribution in [0.1, 0.15) is 18.0 Å². The van der Waals surface area contributed by atoms with Crippen molar-refractivity contribution in [3.8, 4) is 0 Å². The van der Waals surface area contributed by atoms with Gasteiger partial charge in [0.15, 0.2) is 0 Å². The average Bonchev–Trinajstić information content (AvgIpc) is 2.60.